The fourth-order valence-electron chi connectivity index (χ4n) is 5.57. The number of benzene rings is 1. The lowest BCUT2D eigenvalue weighted by Gasteiger charge is -2.57. The molecule has 5 rings (SSSR count). The van der Waals surface area contributed by atoms with Gasteiger partial charge in [-0.1, -0.05) is 12.1 Å². The first-order chi connectivity index (χ1) is 10.6. The highest BCUT2D eigenvalue weighted by Crippen LogP contribution is 2.55. The number of aromatic hydroxyl groups is 1. The van der Waals surface area contributed by atoms with Crippen LogP contribution in [0.15, 0.2) is 24.3 Å². The van der Waals surface area contributed by atoms with E-state index < -0.39 is 0 Å². The van der Waals surface area contributed by atoms with Crippen molar-refractivity contribution in [1.29, 1.82) is 0 Å². The molecule has 2 N–H and O–H groups in total. The lowest BCUT2D eigenvalue weighted by atomic mass is 9.53. The van der Waals surface area contributed by atoms with Crippen molar-refractivity contribution in [2.75, 3.05) is 6.54 Å². The fourth-order valence-corrected chi connectivity index (χ4v) is 5.57. The minimum atomic E-state index is 0.223. The Bertz CT molecular complexity index is 545. The Kier molecular flexibility index (Phi) is 3.48. The molecule has 118 valence electrons. The number of carbonyl (C=O) groups excluding carboxylic acids is 1. The van der Waals surface area contributed by atoms with Crippen molar-refractivity contribution >= 4 is 5.78 Å². The van der Waals surface area contributed by atoms with Crippen LogP contribution in [0.3, 0.4) is 0 Å². The van der Waals surface area contributed by atoms with Crippen LogP contribution in [-0.4, -0.2) is 23.0 Å². The molecule has 0 amide bonds. The minimum absolute atomic E-state index is 0.223. The van der Waals surface area contributed by atoms with E-state index in [1.807, 2.05) is 6.07 Å². The zero-order chi connectivity index (χ0) is 15.2. The summed E-state index contributed by atoms with van der Waals surface area (Å²) in [6, 6.07) is 7.02. The van der Waals surface area contributed by atoms with E-state index in [4.69, 9.17) is 0 Å². The molecule has 4 saturated carbocycles. The van der Waals surface area contributed by atoms with Crippen LogP contribution in [0.2, 0.25) is 0 Å². The summed E-state index contributed by atoms with van der Waals surface area (Å²) in [4.78, 5) is 12.3. The number of hydrogen-bond donors (Lipinski definition) is 2. The average Bonchev–Trinajstić information content (AvgIpc) is 2.44. The molecule has 0 heterocycles. The summed E-state index contributed by atoms with van der Waals surface area (Å²) < 4.78 is 0. The number of Topliss-reactive ketones (excluding diaryl/α,β-unsaturated/α-hetero) is 1. The highest BCUT2D eigenvalue weighted by Gasteiger charge is 2.50. The predicted octanol–water partition coefficient (Wildman–Crippen LogP) is 3.06. The van der Waals surface area contributed by atoms with E-state index in [0.717, 1.165) is 23.3 Å². The predicted molar refractivity (Wildman–Crippen MR) is 85.7 cm³/mol. The molecule has 4 fully saturated rings. The molecule has 1 aromatic carbocycles. The Morgan fingerprint density at radius 3 is 2.36 bits per heavy atom. The lowest BCUT2D eigenvalue weighted by Crippen LogP contribution is -2.59. The molecule has 0 spiro atoms. The number of phenolic OH excluding ortho intramolecular Hbond substituents is 1. The van der Waals surface area contributed by atoms with Gasteiger partial charge in [-0.15, -0.1) is 0 Å². The molecule has 3 nitrogen and oxygen atoms in total. The molecule has 22 heavy (non-hydrogen) atoms. The Balaban J connectivity index is 1.35. The first kappa shape index (κ1) is 14.3. The first-order valence-electron chi connectivity index (χ1n) is 8.65. The van der Waals surface area contributed by atoms with Gasteiger partial charge in [-0.3, -0.25) is 4.79 Å². The van der Waals surface area contributed by atoms with Gasteiger partial charge in [0.2, 0.25) is 0 Å². The average molecular weight is 299 g/mol. The molecule has 0 aliphatic heterocycles. The molecule has 4 aliphatic rings. The second kappa shape index (κ2) is 5.38. The number of rotatable bonds is 5. The van der Waals surface area contributed by atoms with Crippen LogP contribution in [0, 0.1) is 17.8 Å². The molecule has 4 bridgehead atoms. The van der Waals surface area contributed by atoms with Crippen LogP contribution in [0.25, 0.3) is 0 Å². The van der Waals surface area contributed by atoms with Crippen LogP contribution >= 0.6 is 0 Å². The lowest BCUT2D eigenvalue weighted by molar-refractivity contribution is -0.118. The maximum Gasteiger partial charge on any atom is 0.150 e. The van der Waals surface area contributed by atoms with Crippen molar-refractivity contribution in [3.8, 4) is 5.75 Å². The molecule has 4 aliphatic carbocycles. The summed E-state index contributed by atoms with van der Waals surface area (Å²) in [7, 11) is 0. The molecule has 0 unspecified atom stereocenters. The van der Waals surface area contributed by atoms with Gasteiger partial charge in [-0.2, -0.15) is 0 Å². The molecule has 0 saturated heterocycles. The second-order valence-electron chi connectivity index (χ2n) is 7.94. The van der Waals surface area contributed by atoms with Gasteiger partial charge in [-0.05, 0) is 74.0 Å². The first-order valence-corrected chi connectivity index (χ1v) is 8.65. The SMILES string of the molecule is O=C(CNC12CC3CC(CC(C3)C1)C2)Cc1cccc(O)c1. The largest absolute Gasteiger partial charge is 0.508 e. The fraction of sp³-hybridized carbons (Fsp3) is 0.632. The van der Waals surface area contributed by atoms with Gasteiger partial charge in [0.1, 0.15) is 5.75 Å². The van der Waals surface area contributed by atoms with Crippen molar-refractivity contribution in [2.45, 2.75) is 50.5 Å². The third-order valence-corrected chi connectivity index (χ3v) is 6.01. The van der Waals surface area contributed by atoms with Gasteiger partial charge in [-0.25, -0.2) is 0 Å². The van der Waals surface area contributed by atoms with Crippen LogP contribution in [-0.2, 0) is 11.2 Å². The van der Waals surface area contributed by atoms with Crippen LogP contribution in [0.4, 0.5) is 0 Å². The molecule has 0 atom stereocenters. The van der Waals surface area contributed by atoms with Gasteiger partial charge < -0.3 is 10.4 Å². The third kappa shape index (κ3) is 2.79. The van der Waals surface area contributed by atoms with E-state index >= 15 is 0 Å². The molecular weight excluding hydrogens is 274 g/mol. The highest BCUT2D eigenvalue weighted by molar-refractivity contribution is 5.83. The van der Waals surface area contributed by atoms with Crippen molar-refractivity contribution in [2.24, 2.45) is 17.8 Å². The summed E-state index contributed by atoms with van der Waals surface area (Å²) in [6.45, 7) is 0.474. The van der Waals surface area contributed by atoms with Gasteiger partial charge in [0.15, 0.2) is 5.78 Å². The standard InChI is InChI=1S/C19H25NO2/c21-17-3-1-2-13(7-17)8-18(22)12-20-19-9-14-4-15(10-19)6-16(5-14)11-19/h1-3,7,14-16,20-21H,4-6,8-12H2. The van der Waals surface area contributed by atoms with Crippen molar-refractivity contribution in [3.05, 3.63) is 29.8 Å². The number of phenols is 1. The smallest absolute Gasteiger partial charge is 0.150 e. The Hall–Kier alpha value is -1.35. The monoisotopic (exact) mass is 299 g/mol. The van der Waals surface area contributed by atoms with E-state index in [0.29, 0.717) is 13.0 Å². The van der Waals surface area contributed by atoms with Crippen LogP contribution < -0.4 is 5.32 Å². The van der Waals surface area contributed by atoms with Gasteiger partial charge >= 0.3 is 0 Å². The van der Waals surface area contributed by atoms with Gasteiger partial charge in [0, 0.05) is 12.0 Å². The number of hydrogen-bond acceptors (Lipinski definition) is 3. The van der Waals surface area contributed by atoms with Crippen molar-refractivity contribution in [1.82, 2.24) is 5.32 Å². The number of ketones is 1. The van der Waals surface area contributed by atoms with Crippen LogP contribution in [0.1, 0.15) is 44.1 Å². The van der Waals surface area contributed by atoms with Crippen LogP contribution in [0.5, 0.6) is 5.75 Å². The van der Waals surface area contributed by atoms with E-state index in [-0.39, 0.29) is 17.1 Å². The normalized spacial score (nSPS) is 35.7. The van der Waals surface area contributed by atoms with E-state index in [2.05, 4.69) is 5.32 Å². The Labute approximate surface area is 132 Å². The quantitative estimate of drug-likeness (QED) is 0.878. The number of nitrogens with one attached hydrogen (secondary N) is 1. The highest BCUT2D eigenvalue weighted by atomic mass is 16.3. The summed E-state index contributed by atoms with van der Waals surface area (Å²) in [5, 5.41) is 13.1. The maximum atomic E-state index is 12.3. The summed E-state index contributed by atoms with van der Waals surface area (Å²) in [6.07, 6.45) is 8.53. The molecule has 1 aromatic rings. The van der Waals surface area contributed by atoms with E-state index in [9.17, 15) is 9.90 Å². The van der Waals surface area contributed by atoms with Gasteiger partial charge in [0.25, 0.3) is 0 Å². The van der Waals surface area contributed by atoms with Gasteiger partial charge in [0.05, 0.1) is 6.54 Å². The topological polar surface area (TPSA) is 49.3 Å². The third-order valence-electron chi connectivity index (χ3n) is 6.01. The zero-order valence-electron chi connectivity index (χ0n) is 13.1. The molecular formula is C19H25NO2. The molecule has 0 radical (unpaired) electrons. The molecule has 0 aromatic heterocycles. The second-order valence-corrected chi connectivity index (χ2v) is 7.94. The summed E-state index contributed by atoms with van der Waals surface area (Å²) in [5.74, 6) is 3.17. The van der Waals surface area contributed by atoms with E-state index in [1.54, 1.807) is 18.2 Å². The Morgan fingerprint density at radius 2 is 1.77 bits per heavy atom. The summed E-state index contributed by atoms with van der Waals surface area (Å²) >= 11 is 0. The van der Waals surface area contributed by atoms with Crippen molar-refractivity contribution in [3.63, 3.8) is 0 Å². The maximum absolute atomic E-state index is 12.3. The number of carbonyl (C=O) groups is 1. The minimum Gasteiger partial charge on any atom is -0.508 e. The Morgan fingerprint density at radius 1 is 1.14 bits per heavy atom. The van der Waals surface area contributed by atoms with Crippen molar-refractivity contribution < 1.29 is 9.90 Å². The summed E-state index contributed by atoms with van der Waals surface area (Å²) in [5.41, 5.74) is 1.15. The zero-order valence-corrected chi connectivity index (χ0v) is 13.1. The van der Waals surface area contributed by atoms with E-state index in [1.165, 1.54) is 38.5 Å². The molecule has 3 heteroatoms.